The number of aryl methyl sites for hydroxylation is 1. The maximum Gasteiger partial charge on any atom is 0.318 e. The van der Waals surface area contributed by atoms with E-state index < -0.39 is 0 Å². The molecule has 0 spiro atoms. The highest BCUT2D eigenvalue weighted by Gasteiger charge is 2.32. The number of aromatic nitrogens is 3. The first-order valence-corrected chi connectivity index (χ1v) is 8.26. The second-order valence-corrected chi connectivity index (χ2v) is 6.01. The molecule has 7 heteroatoms. The SMILES string of the molecule is COCCNC(=O)N1CCCCC1c1nnc2n1CCCC2. The maximum absolute atomic E-state index is 12.4. The second-order valence-electron chi connectivity index (χ2n) is 6.01. The molecule has 2 amide bonds. The normalized spacial score (nSPS) is 21.5. The minimum Gasteiger partial charge on any atom is -0.383 e. The average Bonchev–Trinajstić information content (AvgIpc) is 2.99. The number of hydrogen-bond donors (Lipinski definition) is 1. The van der Waals surface area contributed by atoms with Gasteiger partial charge in [-0.3, -0.25) is 0 Å². The molecule has 1 unspecified atom stereocenters. The molecule has 3 heterocycles. The van der Waals surface area contributed by atoms with Gasteiger partial charge in [-0.25, -0.2) is 4.79 Å². The number of rotatable bonds is 4. The predicted octanol–water partition coefficient (Wildman–Crippen LogP) is 1.50. The summed E-state index contributed by atoms with van der Waals surface area (Å²) >= 11 is 0. The molecule has 1 saturated heterocycles. The molecular formula is C15H25N5O2. The molecular weight excluding hydrogens is 282 g/mol. The highest BCUT2D eigenvalue weighted by molar-refractivity contribution is 5.74. The maximum atomic E-state index is 12.4. The van der Waals surface area contributed by atoms with Crippen LogP contribution in [0.25, 0.3) is 0 Å². The molecule has 1 N–H and O–H groups in total. The van der Waals surface area contributed by atoms with Crippen molar-refractivity contribution in [2.24, 2.45) is 0 Å². The minimum absolute atomic E-state index is 0.0186. The molecule has 2 aliphatic heterocycles. The molecule has 22 heavy (non-hydrogen) atoms. The van der Waals surface area contributed by atoms with Gasteiger partial charge in [-0.05, 0) is 32.1 Å². The Morgan fingerprint density at radius 2 is 2.14 bits per heavy atom. The van der Waals surface area contributed by atoms with Crippen molar-refractivity contribution >= 4 is 6.03 Å². The predicted molar refractivity (Wildman–Crippen MR) is 81.5 cm³/mol. The molecule has 1 atom stereocenters. The molecule has 0 aliphatic carbocycles. The van der Waals surface area contributed by atoms with E-state index in [1.165, 1.54) is 12.8 Å². The Bertz CT molecular complexity index is 516. The van der Waals surface area contributed by atoms with Gasteiger partial charge >= 0.3 is 6.03 Å². The largest absolute Gasteiger partial charge is 0.383 e. The van der Waals surface area contributed by atoms with Crippen molar-refractivity contribution in [3.63, 3.8) is 0 Å². The third-order valence-electron chi connectivity index (χ3n) is 4.53. The summed E-state index contributed by atoms with van der Waals surface area (Å²) in [5.41, 5.74) is 0. The first kappa shape index (κ1) is 15.3. The Hall–Kier alpha value is -1.63. The van der Waals surface area contributed by atoms with Gasteiger partial charge < -0.3 is 19.5 Å². The summed E-state index contributed by atoms with van der Waals surface area (Å²) in [5.74, 6) is 2.04. The lowest BCUT2D eigenvalue weighted by atomic mass is 10.0. The van der Waals surface area contributed by atoms with Crippen molar-refractivity contribution < 1.29 is 9.53 Å². The van der Waals surface area contributed by atoms with Crippen molar-refractivity contribution in [2.75, 3.05) is 26.8 Å². The zero-order valence-corrected chi connectivity index (χ0v) is 13.3. The van der Waals surface area contributed by atoms with Gasteiger partial charge in [0.05, 0.1) is 12.6 Å². The topological polar surface area (TPSA) is 72.3 Å². The Morgan fingerprint density at radius 3 is 3.00 bits per heavy atom. The monoisotopic (exact) mass is 307 g/mol. The number of ether oxygens (including phenoxy) is 1. The van der Waals surface area contributed by atoms with E-state index in [-0.39, 0.29) is 12.1 Å². The summed E-state index contributed by atoms with van der Waals surface area (Å²) < 4.78 is 7.22. The van der Waals surface area contributed by atoms with Gasteiger partial charge in [0.1, 0.15) is 5.82 Å². The summed E-state index contributed by atoms with van der Waals surface area (Å²) in [7, 11) is 1.64. The lowest BCUT2D eigenvalue weighted by Gasteiger charge is -2.35. The number of urea groups is 1. The summed E-state index contributed by atoms with van der Waals surface area (Å²) in [6, 6.07) is 0.0329. The summed E-state index contributed by atoms with van der Waals surface area (Å²) in [4.78, 5) is 14.4. The van der Waals surface area contributed by atoms with Gasteiger partial charge in [0.25, 0.3) is 0 Å². The first-order chi connectivity index (χ1) is 10.8. The highest BCUT2D eigenvalue weighted by atomic mass is 16.5. The third-order valence-corrected chi connectivity index (χ3v) is 4.53. The van der Waals surface area contributed by atoms with E-state index in [2.05, 4.69) is 20.1 Å². The van der Waals surface area contributed by atoms with Gasteiger partial charge in [-0.1, -0.05) is 0 Å². The summed E-state index contributed by atoms with van der Waals surface area (Å²) in [5, 5.41) is 11.7. The fourth-order valence-electron chi connectivity index (χ4n) is 3.38. The van der Waals surface area contributed by atoms with Crippen molar-refractivity contribution in [3.8, 4) is 0 Å². The highest BCUT2D eigenvalue weighted by Crippen LogP contribution is 2.31. The van der Waals surface area contributed by atoms with E-state index in [1.54, 1.807) is 7.11 Å². The Morgan fingerprint density at radius 1 is 1.27 bits per heavy atom. The van der Waals surface area contributed by atoms with Crippen LogP contribution in [0.4, 0.5) is 4.79 Å². The van der Waals surface area contributed by atoms with Gasteiger partial charge in [0, 0.05) is 33.2 Å². The van der Waals surface area contributed by atoms with E-state index >= 15 is 0 Å². The molecule has 0 aromatic carbocycles. The quantitative estimate of drug-likeness (QED) is 0.856. The molecule has 0 radical (unpaired) electrons. The van der Waals surface area contributed by atoms with Gasteiger partial charge in [0.15, 0.2) is 5.82 Å². The number of nitrogens with one attached hydrogen (secondary N) is 1. The Labute approximate surface area is 131 Å². The van der Waals surface area contributed by atoms with E-state index in [1.807, 2.05) is 4.90 Å². The van der Waals surface area contributed by atoms with Crippen molar-refractivity contribution in [1.82, 2.24) is 25.0 Å². The van der Waals surface area contributed by atoms with Crippen LogP contribution in [0.15, 0.2) is 0 Å². The molecule has 1 aromatic rings. The zero-order chi connectivity index (χ0) is 15.4. The number of carbonyl (C=O) groups is 1. The van der Waals surface area contributed by atoms with E-state index in [9.17, 15) is 4.79 Å². The number of likely N-dealkylation sites (tertiary alicyclic amines) is 1. The molecule has 1 aromatic heterocycles. The van der Waals surface area contributed by atoms with Gasteiger partial charge in [0.2, 0.25) is 0 Å². The molecule has 1 fully saturated rings. The van der Waals surface area contributed by atoms with Crippen LogP contribution in [0, 0.1) is 0 Å². The fraction of sp³-hybridized carbons (Fsp3) is 0.800. The van der Waals surface area contributed by atoms with Crippen molar-refractivity contribution in [1.29, 1.82) is 0 Å². The Balaban J connectivity index is 1.75. The second kappa shape index (κ2) is 7.09. The summed E-state index contributed by atoms with van der Waals surface area (Å²) in [6.07, 6.45) is 6.51. The van der Waals surface area contributed by atoms with Crippen LogP contribution in [0.3, 0.4) is 0 Å². The van der Waals surface area contributed by atoms with Crippen LogP contribution in [-0.2, 0) is 17.7 Å². The number of amides is 2. The van der Waals surface area contributed by atoms with Gasteiger partial charge in [-0.15, -0.1) is 10.2 Å². The molecule has 3 rings (SSSR count). The Kier molecular flexibility index (Phi) is 4.92. The number of fused-ring (bicyclic) bond motifs is 1. The van der Waals surface area contributed by atoms with Crippen LogP contribution in [0.1, 0.15) is 49.8 Å². The number of nitrogens with zero attached hydrogens (tertiary/aromatic N) is 4. The minimum atomic E-state index is -0.0186. The van der Waals surface area contributed by atoms with Crippen molar-refractivity contribution in [2.45, 2.75) is 51.1 Å². The molecule has 2 aliphatic rings. The van der Waals surface area contributed by atoms with Crippen LogP contribution in [-0.4, -0.2) is 52.5 Å². The molecule has 122 valence electrons. The number of carbonyl (C=O) groups excluding carboxylic acids is 1. The van der Waals surface area contributed by atoms with Crippen LogP contribution in [0.2, 0.25) is 0 Å². The zero-order valence-electron chi connectivity index (χ0n) is 13.3. The molecule has 7 nitrogen and oxygen atoms in total. The fourth-order valence-corrected chi connectivity index (χ4v) is 3.38. The van der Waals surface area contributed by atoms with Crippen LogP contribution >= 0.6 is 0 Å². The molecule has 0 saturated carbocycles. The molecule has 0 bridgehead atoms. The third kappa shape index (κ3) is 3.09. The van der Waals surface area contributed by atoms with Crippen LogP contribution < -0.4 is 5.32 Å². The van der Waals surface area contributed by atoms with Gasteiger partial charge in [-0.2, -0.15) is 0 Å². The average molecular weight is 307 g/mol. The van der Waals surface area contributed by atoms with Crippen molar-refractivity contribution in [3.05, 3.63) is 11.6 Å². The standard InChI is InChI=1S/C15H25N5O2/c1-22-11-8-16-15(21)19-9-4-2-6-12(19)14-18-17-13-7-3-5-10-20(13)14/h12H,2-11H2,1H3,(H,16,21). The first-order valence-electron chi connectivity index (χ1n) is 8.26. The number of hydrogen-bond acceptors (Lipinski definition) is 4. The lowest BCUT2D eigenvalue weighted by molar-refractivity contribution is 0.139. The lowest BCUT2D eigenvalue weighted by Crippen LogP contribution is -2.46. The van der Waals surface area contributed by atoms with E-state index in [4.69, 9.17) is 4.74 Å². The summed E-state index contributed by atoms with van der Waals surface area (Å²) in [6.45, 7) is 2.83. The van der Waals surface area contributed by atoms with E-state index in [0.29, 0.717) is 13.2 Å². The smallest absolute Gasteiger partial charge is 0.318 e. The van der Waals surface area contributed by atoms with Crippen LogP contribution in [0.5, 0.6) is 0 Å². The van der Waals surface area contributed by atoms with E-state index in [0.717, 1.165) is 50.4 Å². The number of piperidine rings is 1. The number of methoxy groups -OCH3 is 1.